The summed E-state index contributed by atoms with van der Waals surface area (Å²) in [7, 11) is -4.17. The van der Waals surface area contributed by atoms with Crippen molar-refractivity contribution in [3.05, 3.63) is 0 Å². The Hall–Kier alpha value is 2.11. The number of rotatable bonds is 2. The third-order valence-corrected chi connectivity index (χ3v) is 0.892. The van der Waals surface area contributed by atoms with Gasteiger partial charge in [-0.2, -0.15) is 0 Å². The predicted molar refractivity (Wildman–Crippen MR) is 38.0 cm³/mol. The minimum absolute atomic E-state index is 0. The van der Waals surface area contributed by atoms with Crippen molar-refractivity contribution >= 4 is 66.9 Å². The molecule has 0 bridgehead atoms. The van der Waals surface area contributed by atoms with E-state index >= 15 is 0 Å². The number of hydrogen-bond donors (Lipinski definition) is 2. The normalized spacial score (nSPS) is 9.22. The summed E-state index contributed by atoms with van der Waals surface area (Å²) in [4.78, 5) is 15.8. The zero-order valence-electron chi connectivity index (χ0n) is 3.87. The molecule has 0 saturated heterocycles. The van der Waals surface area contributed by atoms with Gasteiger partial charge in [-0.15, -0.1) is 0 Å². The second kappa shape index (κ2) is 8.21. The third kappa shape index (κ3) is 17.8. The summed E-state index contributed by atoms with van der Waals surface area (Å²) in [5, 5.41) is 0. The molecule has 9 heavy (non-hydrogen) atoms. The van der Waals surface area contributed by atoms with Crippen LogP contribution in [0.5, 0.6) is 0 Å². The summed E-state index contributed by atoms with van der Waals surface area (Å²) in [6, 6.07) is 0. The van der Waals surface area contributed by atoms with Gasteiger partial charge in [0.2, 0.25) is 0 Å². The van der Waals surface area contributed by atoms with Gasteiger partial charge < -0.3 is 9.79 Å². The summed E-state index contributed by atoms with van der Waals surface area (Å²) in [5.74, 6) is 0. The average molecular weight is 174 g/mol. The Bertz CT molecular complexity index is 90.6. The Labute approximate surface area is 98.2 Å². The van der Waals surface area contributed by atoms with Gasteiger partial charge in [-0.3, -0.25) is 4.52 Å². The molecule has 0 aliphatic heterocycles. The van der Waals surface area contributed by atoms with Crippen molar-refractivity contribution in [1.82, 2.24) is 0 Å². The first-order valence-corrected chi connectivity index (χ1v) is 3.29. The monoisotopic (exact) mass is 174 g/mol. The van der Waals surface area contributed by atoms with Crippen LogP contribution >= 0.6 is 7.82 Å². The van der Waals surface area contributed by atoms with E-state index in [-0.39, 0.29) is 65.7 Å². The molecule has 48 valence electrons. The first kappa shape index (κ1) is 17.3. The number of phosphoric ester groups is 1. The quantitative estimate of drug-likeness (QED) is 0.408. The summed E-state index contributed by atoms with van der Waals surface area (Å²) >= 11 is 0. The summed E-state index contributed by atoms with van der Waals surface area (Å²) in [5.41, 5.74) is 0. The van der Waals surface area contributed by atoms with E-state index < -0.39 is 7.82 Å². The van der Waals surface area contributed by atoms with E-state index in [2.05, 4.69) is 4.52 Å². The molecule has 0 saturated carbocycles. The molecule has 0 aromatic rings. The van der Waals surface area contributed by atoms with Crippen LogP contribution in [0.3, 0.4) is 0 Å². The Morgan fingerprint density at radius 2 is 1.78 bits per heavy atom. The number of hydrogen-bond acceptors (Lipinski definition) is 2. The molecule has 0 amide bonds. The summed E-state index contributed by atoms with van der Waals surface area (Å²) < 4.78 is 13.6. The Morgan fingerprint density at radius 3 is 1.78 bits per heavy atom. The van der Waals surface area contributed by atoms with E-state index in [0.29, 0.717) is 0 Å². The standard InChI is InChI=1S/C2H7O4P.2Na.2H/c1-2-6-7(3,4)5;;;;/h2H2,1H3,(H2,3,4,5);;;;. The molecule has 7 heteroatoms. The van der Waals surface area contributed by atoms with Gasteiger partial charge in [0.05, 0.1) is 6.61 Å². The van der Waals surface area contributed by atoms with Gasteiger partial charge in [-0.05, 0) is 6.92 Å². The van der Waals surface area contributed by atoms with Crippen LogP contribution < -0.4 is 0 Å². The molecule has 0 aliphatic rings. The van der Waals surface area contributed by atoms with Crippen molar-refractivity contribution < 1.29 is 18.9 Å². The topological polar surface area (TPSA) is 66.8 Å². The van der Waals surface area contributed by atoms with Crippen molar-refractivity contribution in [3.63, 3.8) is 0 Å². The molecule has 0 fully saturated rings. The molecule has 0 unspecified atom stereocenters. The molecule has 0 aromatic carbocycles. The maximum atomic E-state index is 9.70. The second-order valence-electron chi connectivity index (χ2n) is 0.908. The first-order valence-electron chi connectivity index (χ1n) is 1.76. The Kier molecular flexibility index (Phi) is 15.7. The van der Waals surface area contributed by atoms with Crippen molar-refractivity contribution in [1.29, 1.82) is 0 Å². The molecule has 0 aliphatic carbocycles. The van der Waals surface area contributed by atoms with Gasteiger partial charge in [-0.1, -0.05) is 0 Å². The molecule has 0 aromatic heterocycles. The molecular weight excluding hydrogens is 165 g/mol. The molecule has 2 N–H and O–H groups in total. The van der Waals surface area contributed by atoms with Gasteiger partial charge in [0.25, 0.3) is 0 Å². The van der Waals surface area contributed by atoms with E-state index in [1.54, 1.807) is 0 Å². The fraction of sp³-hybridized carbons (Fsp3) is 1.00. The summed E-state index contributed by atoms with van der Waals surface area (Å²) in [6.07, 6.45) is 0. The molecule has 0 atom stereocenters. The van der Waals surface area contributed by atoms with Crippen LogP contribution in [0.4, 0.5) is 0 Å². The minimum atomic E-state index is -4.17. The van der Waals surface area contributed by atoms with Crippen LogP contribution in [0.2, 0.25) is 0 Å². The van der Waals surface area contributed by atoms with Crippen LogP contribution in [0.1, 0.15) is 6.92 Å². The maximum absolute atomic E-state index is 9.70. The van der Waals surface area contributed by atoms with Gasteiger partial charge in [0.15, 0.2) is 0 Å². The Morgan fingerprint density at radius 1 is 1.44 bits per heavy atom. The first-order chi connectivity index (χ1) is 3.06. The molecule has 0 heterocycles. The van der Waals surface area contributed by atoms with Crippen LogP contribution in [0, 0.1) is 0 Å². The number of phosphoric acid groups is 1. The zero-order chi connectivity index (χ0) is 5.91. The van der Waals surface area contributed by atoms with Crippen molar-refractivity contribution in [2.45, 2.75) is 6.92 Å². The SMILES string of the molecule is CCOP(=O)(O)O.[NaH].[NaH]. The molecule has 0 spiro atoms. The molecule has 4 nitrogen and oxygen atoms in total. The van der Waals surface area contributed by atoms with Gasteiger partial charge in [-0.25, -0.2) is 4.57 Å². The van der Waals surface area contributed by atoms with Gasteiger partial charge in [0, 0.05) is 0 Å². The van der Waals surface area contributed by atoms with E-state index in [1.165, 1.54) is 6.92 Å². The van der Waals surface area contributed by atoms with E-state index in [1.807, 2.05) is 0 Å². The second-order valence-corrected chi connectivity index (χ2v) is 2.15. The van der Waals surface area contributed by atoms with Crippen LogP contribution in [0.25, 0.3) is 0 Å². The summed E-state index contributed by atoms with van der Waals surface area (Å²) in [6.45, 7) is 1.56. The third-order valence-electron chi connectivity index (χ3n) is 0.297. The van der Waals surface area contributed by atoms with Crippen molar-refractivity contribution in [2.75, 3.05) is 6.61 Å². The van der Waals surface area contributed by atoms with Crippen molar-refractivity contribution in [2.24, 2.45) is 0 Å². The predicted octanol–water partition coefficient (Wildman–Crippen LogP) is -1.18. The van der Waals surface area contributed by atoms with Crippen LogP contribution in [-0.4, -0.2) is 75.5 Å². The Balaban J connectivity index is -0.000000180. The zero-order valence-corrected chi connectivity index (χ0v) is 4.76. The van der Waals surface area contributed by atoms with E-state index in [9.17, 15) is 4.57 Å². The van der Waals surface area contributed by atoms with E-state index in [4.69, 9.17) is 9.79 Å². The van der Waals surface area contributed by atoms with Crippen LogP contribution in [0.15, 0.2) is 0 Å². The molecular formula is C2H9Na2O4P. The van der Waals surface area contributed by atoms with Gasteiger partial charge in [0.1, 0.15) is 0 Å². The molecule has 0 rings (SSSR count). The average Bonchev–Trinajstić information content (AvgIpc) is 1.30. The van der Waals surface area contributed by atoms with E-state index in [0.717, 1.165) is 0 Å². The van der Waals surface area contributed by atoms with Crippen LogP contribution in [-0.2, 0) is 9.09 Å². The van der Waals surface area contributed by atoms with Crippen molar-refractivity contribution in [3.8, 4) is 0 Å². The van der Waals surface area contributed by atoms with Gasteiger partial charge >= 0.3 is 66.9 Å². The fourth-order valence-corrected chi connectivity index (χ4v) is 0.505. The fourth-order valence-electron chi connectivity index (χ4n) is 0.168. The molecule has 0 radical (unpaired) electrons.